The first-order valence-corrected chi connectivity index (χ1v) is 7.65. The maximum Gasteiger partial charge on any atom is 0.131 e. The first-order chi connectivity index (χ1) is 9.72. The molecule has 2 N–H and O–H groups in total. The van der Waals surface area contributed by atoms with Gasteiger partial charge in [0.05, 0.1) is 0 Å². The SMILES string of the molecule is CCCCC[C@H](c1ccc(O)cc1F)N1CCNCC1.Cl.Cl. The van der Waals surface area contributed by atoms with E-state index in [4.69, 9.17) is 0 Å². The number of nitrogens with one attached hydrogen (secondary N) is 1. The number of phenols is 1. The third-order valence-corrected chi connectivity index (χ3v) is 4.02. The molecule has 0 radical (unpaired) electrons. The third-order valence-electron chi connectivity index (χ3n) is 4.02. The van der Waals surface area contributed by atoms with Gasteiger partial charge in [0.1, 0.15) is 11.6 Å². The summed E-state index contributed by atoms with van der Waals surface area (Å²) in [4.78, 5) is 2.36. The Morgan fingerprint density at radius 3 is 2.50 bits per heavy atom. The summed E-state index contributed by atoms with van der Waals surface area (Å²) >= 11 is 0. The molecular formula is C16H27Cl2FN2O. The molecule has 1 fully saturated rings. The lowest BCUT2D eigenvalue weighted by Crippen LogP contribution is -2.45. The molecule has 0 amide bonds. The molecule has 1 atom stereocenters. The van der Waals surface area contributed by atoms with Crippen molar-refractivity contribution in [2.24, 2.45) is 0 Å². The minimum absolute atomic E-state index is 0. The standard InChI is InChI=1S/C16H25FN2O.2ClH/c1-2-3-4-5-16(19-10-8-18-9-11-19)14-7-6-13(20)12-15(14)17;;/h6-7,12,16,18,20H,2-5,8-11H2,1H3;2*1H/t16-;;/m1../s1. The molecule has 0 saturated carbocycles. The Bertz CT molecular complexity index is 429. The second kappa shape index (κ2) is 11.1. The van der Waals surface area contributed by atoms with Crippen LogP contribution in [0.1, 0.15) is 44.2 Å². The minimum atomic E-state index is -0.287. The van der Waals surface area contributed by atoms with Crippen LogP contribution in [0.3, 0.4) is 0 Å². The number of rotatable bonds is 6. The van der Waals surface area contributed by atoms with Gasteiger partial charge in [0.15, 0.2) is 0 Å². The van der Waals surface area contributed by atoms with Crippen LogP contribution in [0.15, 0.2) is 18.2 Å². The first kappa shape index (κ1) is 21.4. The molecule has 0 aliphatic carbocycles. The van der Waals surface area contributed by atoms with E-state index in [9.17, 15) is 9.50 Å². The number of piperazine rings is 1. The van der Waals surface area contributed by atoms with Crippen LogP contribution in [0.25, 0.3) is 0 Å². The van der Waals surface area contributed by atoms with E-state index in [0.29, 0.717) is 0 Å². The first-order valence-electron chi connectivity index (χ1n) is 7.65. The van der Waals surface area contributed by atoms with Gasteiger partial charge in [-0.15, -0.1) is 24.8 Å². The molecule has 1 aromatic carbocycles. The summed E-state index contributed by atoms with van der Waals surface area (Å²) in [5, 5.41) is 12.7. The van der Waals surface area contributed by atoms with Crippen molar-refractivity contribution in [3.05, 3.63) is 29.6 Å². The van der Waals surface area contributed by atoms with Gasteiger partial charge in [0, 0.05) is 43.9 Å². The van der Waals surface area contributed by atoms with Crippen LogP contribution in [-0.2, 0) is 0 Å². The van der Waals surface area contributed by atoms with Gasteiger partial charge in [0.2, 0.25) is 0 Å². The average Bonchev–Trinajstić information content (AvgIpc) is 2.46. The molecule has 2 rings (SSSR count). The molecule has 1 heterocycles. The molecule has 0 aromatic heterocycles. The largest absolute Gasteiger partial charge is 0.508 e. The number of aromatic hydroxyl groups is 1. The summed E-state index contributed by atoms with van der Waals surface area (Å²) in [6.07, 6.45) is 4.45. The molecule has 3 nitrogen and oxygen atoms in total. The Morgan fingerprint density at radius 1 is 1.23 bits per heavy atom. The van der Waals surface area contributed by atoms with Crippen LogP contribution in [0.4, 0.5) is 4.39 Å². The molecule has 1 aromatic rings. The normalized spacial score (nSPS) is 16.5. The quantitative estimate of drug-likeness (QED) is 0.762. The fourth-order valence-corrected chi connectivity index (χ4v) is 2.90. The van der Waals surface area contributed by atoms with E-state index < -0.39 is 0 Å². The van der Waals surface area contributed by atoms with E-state index in [2.05, 4.69) is 17.1 Å². The molecule has 22 heavy (non-hydrogen) atoms. The molecule has 0 unspecified atom stereocenters. The van der Waals surface area contributed by atoms with Crippen LogP contribution >= 0.6 is 24.8 Å². The fourth-order valence-electron chi connectivity index (χ4n) is 2.90. The van der Waals surface area contributed by atoms with Crippen molar-refractivity contribution < 1.29 is 9.50 Å². The van der Waals surface area contributed by atoms with E-state index >= 15 is 0 Å². The van der Waals surface area contributed by atoms with Gasteiger partial charge < -0.3 is 10.4 Å². The third kappa shape index (κ3) is 5.92. The highest BCUT2D eigenvalue weighted by molar-refractivity contribution is 5.85. The van der Waals surface area contributed by atoms with E-state index in [1.807, 2.05) is 0 Å². The minimum Gasteiger partial charge on any atom is -0.508 e. The number of hydrogen-bond donors (Lipinski definition) is 2. The summed E-state index contributed by atoms with van der Waals surface area (Å²) in [6.45, 7) is 6.02. The Balaban J connectivity index is 0.00000220. The van der Waals surface area contributed by atoms with Gasteiger partial charge >= 0.3 is 0 Å². The Labute approximate surface area is 145 Å². The summed E-state index contributed by atoms with van der Waals surface area (Å²) in [6, 6.07) is 4.69. The summed E-state index contributed by atoms with van der Waals surface area (Å²) in [7, 11) is 0. The van der Waals surface area contributed by atoms with Crippen molar-refractivity contribution in [2.45, 2.75) is 38.6 Å². The molecule has 0 spiro atoms. The van der Waals surface area contributed by atoms with Gasteiger partial charge in [0.25, 0.3) is 0 Å². The van der Waals surface area contributed by atoms with Gasteiger partial charge in [-0.3, -0.25) is 4.90 Å². The van der Waals surface area contributed by atoms with Crippen molar-refractivity contribution >= 4 is 24.8 Å². The Kier molecular flexibility index (Phi) is 10.8. The predicted molar refractivity (Wildman–Crippen MR) is 93.9 cm³/mol. The summed E-state index contributed by atoms with van der Waals surface area (Å²) in [5.74, 6) is -0.288. The fraction of sp³-hybridized carbons (Fsp3) is 0.625. The topological polar surface area (TPSA) is 35.5 Å². The molecule has 6 heteroatoms. The molecule has 0 bridgehead atoms. The number of hydrogen-bond acceptors (Lipinski definition) is 3. The monoisotopic (exact) mass is 352 g/mol. The maximum absolute atomic E-state index is 14.2. The number of nitrogens with zero attached hydrogens (tertiary/aromatic N) is 1. The predicted octanol–water partition coefficient (Wildman–Crippen LogP) is 3.90. The highest BCUT2D eigenvalue weighted by Gasteiger charge is 2.24. The smallest absolute Gasteiger partial charge is 0.131 e. The molecule has 1 aliphatic rings. The lowest BCUT2D eigenvalue weighted by Gasteiger charge is -2.35. The zero-order chi connectivity index (χ0) is 14.4. The summed E-state index contributed by atoms with van der Waals surface area (Å²) < 4.78 is 14.2. The van der Waals surface area contributed by atoms with E-state index in [0.717, 1.165) is 44.6 Å². The van der Waals surface area contributed by atoms with Crippen molar-refractivity contribution in [2.75, 3.05) is 26.2 Å². The van der Waals surface area contributed by atoms with Crippen LogP contribution in [-0.4, -0.2) is 36.2 Å². The lowest BCUT2D eigenvalue weighted by molar-refractivity contribution is 0.159. The van der Waals surface area contributed by atoms with Crippen LogP contribution in [0.5, 0.6) is 5.75 Å². The number of phenolic OH excluding ortho intramolecular Hbond substituents is 1. The lowest BCUT2D eigenvalue weighted by atomic mass is 9.97. The average molecular weight is 353 g/mol. The van der Waals surface area contributed by atoms with Crippen LogP contribution in [0.2, 0.25) is 0 Å². The Hall–Kier alpha value is -0.550. The van der Waals surface area contributed by atoms with E-state index in [1.165, 1.54) is 18.9 Å². The van der Waals surface area contributed by atoms with Crippen molar-refractivity contribution in [1.29, 1.82) is 0 Å². The van der Waals surface area contributed by atoms with Gasteiger partial charge in [-0.2, -0.15) is 0 Å². The van der Waals surface area contributed by atoms with Crippen LogP contribution < -0.4 is 5.32 Å². The van der Waals surface area contributed by atoms with Gasteiger partial charge in [-0.1, -0.05) is 32.3 Å². The number of halogens is 3. The van der Waals surface area contributed by atoms with Gasteiger partial charge in [-0.25, -0.2) is 4.39 Å². The van der Waals surface area contributed by atoms with E-state index in [-0.39, 0.29) is 42.4 Å². The highest BCUT2D eigenvalue weighted by atomic mass is 35.5. The Morgan fingerprint density at radius 2 is 1.91 bits per heavy atom. The molecule has 1 aliphatic heterocycles. The van der Waals surface area contributed by atoms with E-state index in [1.54, 1.807) is 12.1 Å². The van der Waals surface area contributed by atoms with Gasteiger partial charge in [-0.05, 0) is 12.5 Å². The second-order valence-electron chi connectivity index (χ2n) is 5.50. The van der Waals surface area contributed by atoms with Crippen LogP contribution in [0, 0.1) is 5.82 Å². The second-order valence-corrected chi connectivity index (χ2v) is 5.50. The molecule has 1 saturated heterocycles. The molecule has 128 valence electrons. The van der Waals surface area contributed by atoms with Crippen molar-refractivity contribution in [3.8, 4) is 5.75 Å². The number of unbranched alkanes of at least 4 members (excludes halogenated alkanes) is 2. The summed E-state index contributed by atoms with van der Waals surface area (Å²) in [5.41, 5.74) is 0.723. The molecular weight excluding hydrogens is 326 g/mol. The number of benzene rings is 1. The maximum atomic E-state index is 14.2. The highest BCUT2D eigenvalue weighted by Crippen LogP contribution is 2.30. The van der Waals surface area contributed by atoms with Crippen molar-refractivity contribution in [3.63, 3.8) is 0 Å². The zero-order valence-electron chi connectivity index (χ0n) is 13.1. The van der Waals surface area contributed by atoms with Crippen molar-refractivity contribution in [1.82, 2.24) is 10.2 Å². The zero-order valence-corrected chi connectivity index (χ0v) is 14.7.